The van der Waals surface area contributed by atoms with Gasteiger partial charge in [-0.3, -0.25) is 9.59 Å². The first-order valence-electron chi connectivity index (χ1n) is 5.30. The highest BCUT2D eigenvalue weighted by Gasteiger charge is 2.14. The average Bonchev–Trinajstić information content (AvgIpc) is 2.29. The molecule has 6 nitrogen and oxygen atoms in total. The van der Waals surface area contributed by atoms with Crippen LogP contribution in [0.4, 0.5) is 0 Å². The number of H-pyrrole nitrogens is 1. The summed E-state index contributed by atoms with van der Waals surface area (Å²) in [7, 11) is 0. The first kappa shape index (κ1) is 12.1. The monoisotopic (exact) mass is 248 g/mol. The van der Waals surface area contributed by atoms with Crippen molar-refractivity contribution in [1.82, 2.24) is 4.98 Å². The molecule has 0 saturated carbocycles. The van der Waals surface area contributed by atoms with Crippen LogP contribution >= 0.6 is 0 Å². The molecule has 0 aliphatic heterocycles. The van der Waals surface area contributed by atoms with Gasteiger partial charge in [0.1, 0.15) is 11.8 Å². The van der Waals surface area contributed by atoms with E-state index >= 15 is 0 Å². The van der Waals surface area contributed by atoms with E-state index in [2.05, 4.69) is 4.98 Å². The molecule has 0 saturated heterocycles. The van der Waals surface area contributed by atoms with Crippen LogP contribution in [0, 0.1) is 0 Å². The molecule has 0 aliphatic carbocycles. The van der Waals surface area contributed by atoms with Gasteiger partial charge in [0.25, 0.3) is 0 Å². The highest BCUT2D eigenvalue weighted by molar-refractivity contribution is 5.84. The van der Waals surface area contributed by atoms with Crippen molar-refractivity contribution in [2.24, 2.45) is 5.73 Å². The van der Waals surface area contributed by atoms with Gasteiger partial charge >= 0.3 is 5.97 Å². The Morgan fingerprint density at radius 1 is 1.39 bits per heavy atom. The molecule has 1 aromatic carbocycles. The molecule has 94 valence electrons. The lowest BCUT2D eigenvalue weighted by Gasteiger charge is -2.09. The Labute approximate surface area is 102 Å². The number of pyridine rings is 1. The topological polar surface area (TPSA) is 116 Å². The molecular formula is C12H12N2O4. The van der Waals surface area contributed by atoms with Crippen molar-refractivity contribution in [2.45, 2.75) is 12.5 Å². The number of hydrogen-bond donors (Lipinski definition) is 4. The van der Waals surface area contributed by atoms with Crippen LogP contribution in [0.5, 0.6) is 5.75 Å². The summed E-state index contributed by atoms with van der Waals surface area (Å²) in [6.07, 6.45) is 0.0270. The van der Waals surface area contributed by atoms with Gasteiger partial charge in [-0.2, -0.15) is 0 Å². The minimum atomic E-state index is -1.14. The molecule has 1 unspecified atom stereocenters. The Morgan fingerprint density at radius 2 is 2.11 bits per heavy atom. The zero-order chi connectivity index (χ0) is 13.3. The van der Waals surface area contributed by atoms with Gasteiger partial charge in [0, 0.05) is 17.0 Å². The van der Waals surface area contributed by atoms with Crippen molar-refractivity contribution < 1.29 is 15.0 Å². The van der Waals surface area contributed by atoms with E-state index in [-0.39, 0.29) is 17.7 Å². The number of aromatic nitrogens is 1. The zero-order valence-electron chi connectivity index (χ0n) is 9.38. The van der Waals surface area contributed by atoms with Crippen molar-refractivity contribution in [3.05, 3.63) is 40.2 Å². The van der Waals surface area contributed by atoms with E-state index in [1.165, 1.54) is 18.2 Å². The minimum Gasteiger partial charge on any atom is -0.508 e. The fourth-order valence-electron chi connectivity index (χ4n) is 1.80. The van der Waals surface area contributed by atoms with Crippen LogP contribution in [0.25, 0.3) is 10.9 Å². The quantitative estimate of drug-likeness (QED) is 0.618. The second kappa shape index (κ2) is 4.50. The summed E-state index contributed by atoms with van der Waals surface area (Å²) in [6.45, 7) is 0. The fraction of sp³-hybridized carbons (Fsp3) is 0.167. The molecule has 2 rings (SSSR count). The molecule has 5 N–H and O–H groups in total. The van der Waals surface area contributed by atoms with Crippen LogP contribution in [-0.2, 0) is 11.2 Å². The van der Waals surface area contributed by atoms with Gasteiger partial charge in [0.05, 0.1) is 0 Å². The first-order valence-corrected chi connectivity index (χ1v) is 5.30. The highest BCUT2D eigenvalue weighted by Crippen LogP contribution is 2.21. The smallest absolute Gasteiger partial charge is 0.320 e. The number of aliphatic carboxylic acids is 1. The van der Waals surface area contributed by atoms with Crippen molar-refractivity contribution in [3.63, 3.8) is 0 Å². The maximum atomic E-state index is 11.4. The molecule has 0 fully saturated rings. The molecule has 0 bridgehead atoms. The third-order valence-electron chi connectivity index (χ3n) is 2.67. The van der Waals surface area contributed by atoms with Gasteiger partial charge in [0.15, 0.2) is 0 Å². The number of phenolic OH excluding ortho intramolecular Hbond substituents is 1. The number of carbonyl (C=O) groups is 1. The number of nitrogens with one attached hydrogen (secondary N) is 1. The number of fused-ring (bicyclic) bond motifs is 1. The lowest BCUT2D eigenvalue weighted by molar-refractivity contribution is -0.138. The van der Waals surface area contributed by atoms with Gasteiger partial charge in [-0.15, -0.1) is 0 Å². The molecule has 1 heterocycles. The highest BCUT2D eigenvalue weighted by atomic mass is 16.4. The second-order valence-electron chi connectivity index (χ2n) is 4.04. The molecule has 18 heavy (non-hydrogen) atoms. The second-order valence-corrected chi connectivity index (χ2v) is 4.04. The summed E-state index contributed by atoms with van der Waals surface area (Å²) in [5.74, 6) is -1.09. The van der Waals surface area contributed by atoms with E-state index in [4.69, 9.17) is 10.8 Å². The minimum absolute atomic E-state index is 0.0270. The summed E-state index contributed by atoms with van der Waals surface area (Å²) in [5, 5.41) is 18.8. The van der Waals surface area contributed by atoms with E-state index in [1.54, 1.807) is 6.07 Å². The number of carboxylic acid groups (broad SMARTS) is 1. The summed E-state index contributed by atoms with van der Waals surface area (Å²) >= 11 is 0. The van der Waals surface area contributed by atoms with Crippen LogP contribution in [-0.4, -0.2) is 27.2 Å². The number of aromatic amines is 1. The van der Waals surface area contributed by atoms with Crippen LogP contribution in [0.15, 0.2) is 29.1 Å². The standard InChI is InChI=1S/C12H12N2O4/c13-9(12(17)18)3-6-4-11(16)14-10-2-1-7(15)5-8(6)10/h1-2,4-5,9,15H,3,13H2,(H,14,16)(H,17,18). The molecule has 0 spiro atoms. The summed E-state index contributed by atoms with van der Waals surface area (Å²) < 4.78 is 0. The van der Waals surface area contributed by atoms with Crippen molar-refractivity contribution in [2.75, 3.05) is 0 Å². The van der Waals surface area contributed by atoms with Crippen LogP contribution in [0.2, 0.25) is 0 Å². The van der Waals surface area contributed by atoms with E-state index in [0.29, 0.717) is 16.5 Å². The number of phenols is 1. The average molecular weight is 248 g/mol. The number of carboxylic acids is 1. The maximum absolute atomic E-state index is 11.4. The Hall–Kier alpha value is -2.34. The molecular weight excluding hydrogens is 236 g/mol. The summed E-state index contributed by atoms with van der Waals surface area (Å²) in [5.41, 5.74) is 6.16. The molecule has 0 radical (unpaired) electrons. The molecule has 0 aliphatic rings. The van der Waals surface area contributed by atoms with E-state index in [1.807, 2.05) is 0 Å². The Kier molecular flexibility index (Phi) is 3.03. The van der Waals surface area contributed by atoms with Crippen LogP contribution < -0.4 is 11.3 Å². The molecule has 6 heteroatoms. The van der Waals surface area contributed by atoms with E-state index < -0.39 is 12.0 Å². The molecule has 1 atom stereocenters. The van der Waals surface area contributed by atoms with Gasteiger partial charge < -0.3 is 20.9 Å². The van der Waals surface area contributed by atoms with Crippen molar-refractivity contribution in [1.29, 1.82) is 0 Å². The van der Waals surface area contributed by atoms with Gasteiger partial charge in [0.2, 0.25) is 5.56 Å². The predicted molar refractivity (Wildman–Crippen MR) is 65.5 cm³/mol. The third kappa shape index (κ3) is 2.33. The predicted octanol–water partition coefficient (Wildman–Crippen LogP) is 0.188. The van der Waals surface area contributed by atoms with Crippen molar-refractivity contribution >= 4 is 16.9 Å². The molecule has 0 amide bonds. The Balaban J connectivity index is 2.57. The largest absolute Gasteiger partial charge is 0.508 e. The SMILES string of the molecule is NC(Cc1cc(=O)[nH]c2ccc(O)cc12)C(=O)O. The summed E-state index contributed by atoms with van der Waals surface area (Å²) in [4.78, 5) is 24.8. The fourth-order valence-corrected chi connectivity index (χ4v) is 1.80. The van der Waals surface area contributed by atoms with Crippen LogP contribution in [0.3, 0.4) is 0 Å². The molecule has 2 aromatic rings. The number of rotatable bonds is 3. The number of nitrogens with two attached hydrogens (primary N) is 1. The molecule has 1 aromatic heterocycles. The zero-order valence-corrected chi connectivity index (χ0v) is 9.38. The van der Waals surface area contributed by atoms with Gasteiger partial charge in [-0.05, 0) is 30.2 Å². The third-order valence-corrected chi connectivity index (χ3v) is 2.67. The van der Waals surface area contributed by atoms with Crippen LogP contribution in [0.1, 0.15) is 5.56 Å². The Bertz CT molecular complexity index is 663. The van der Waals surface area contributed by atoms with E-state index in [9.17, 15) is 14.7 Å². The number of hydrogen-bond acceptors (Lipinski definition) is 4. The lowest BCUT2D eigenvalue weighted by Crippen LogP contribution is -2.32. The lowest BCUT2D eigenvalue weighted by atomic mass is 10.0. The number of benzene rings is 1. The van der Waals surface area contributed by atoms with Crippen molar-refractivity contribution in [3.8, 4) is 5.75 Å². The van der Waals surface area contributed by atoms with Gasteiger partial charge in [-0.1, -0.05) is 0 Å². The first-order chi connectivity index (χ1) is 8.47. The Morgan fingerprint density at radius 3 is 2.78 bits per heavy atom. The maximum Gasteiger partial charge on any atom is 0.320 e. The number of aromatic hydroxyl groups is 1. The van der Waals surface area contributed by atoms with E-state index in [0.717, 1.165) is 0 Å². The summed E-state index contributed by atoms with van der Waals surface area (Å²) in [6, 6.07) is 4.68. The van der Waals surface area contributed by atoms with Gasteiger partial charge in [-0.25, -0.2) is 0 Å². The normalized spacial score (nSPS) is 12.5.